The summed E-state index contributed by atoms with van der Waals surface area (Å²) in [6, 6.07) is 5.66. The first kappa shape index (κ1) is 9.21. The van der Waals surface area contributed by atoms with Crippen LogP contribution >= 0.6 is 11.3 Å². The Morgan fingerprint density at radius 3 is 2.93 bits per heavy atom. The third-order valence-electron chi connectivity index (χ3n) is 2.31. The van der Waals surface area contributed by atoms with Crippen LogP contribution in [0.1, 0.15) is 22.2 Å². The molecule has 0 amide bonds. The van der Waals surface area contributed by atoms with Crippen molar-refractivity contribution in [3.8, 4) is 0 Å². The number of hydrogen-bond donors (Lipinski definition) is 1. The molecular weight excluding hydrogens is 194 g/mol. The average molecular weight is 205 g/mol. The topological polar surface area (TPSA) is 43.1 Å². The van der Waals surface area contributed by atoms with Crippen molar-refractivity contribution in [3.05, 3.63) is 28.6 Å². The maximum Gasteiger partial charge on any atom is 0.151 e. The van der Waals surface area contributed by atoms with E-state index in [-0.39, 0.29) is 0 Å². The summed E-state index contributed by atoms with van der Waals surface area (Å²) in [5, 5.41) is 1.01. The summed E-state index contributed by atoms with van der Waals surface area (Å²) in [6.07, 6.45) is 1.81. The molecule has 14 heavy (non-hydrogen) atoms. The zero-order valence-electron chi connectivity index (χ0n) is 7.91. The lowest BCUT2D eigenvalue weighted by Gasteiger charge is -1.93. The molecule has 2 aromatic rings. The summed E-state index contributed by atoms with van der Waals surface area (Å²) < 4.78 is 1.01. The summed E-state index contributed by atoms with van der Waals surface area (Å²) in [4.78, 5) is 12.0. The van der Waals surface area contributed by atoms with Crippen molar-refractivity contribution in [2.45, 2.75) is 13.3 Å². The fraction of sp³-hybridized carbons (Fsp3) is 0.182. The van der Waals surface area contributed by atoms with E-state index in [1.54, 1.807) is 11.3 Å². The van der Waals surface area contributed by atoms with Crippen LogP contribution in [0.5, 0.6) is 0 Å². The summed E-state index contributed by atoms with van der Waals surface area (Å²) >= 11 is 1.62. The molecule has 1 heterocycles. The maximum absolute atomic E-state index is 10.8. The first-order valence-corrected chi connectivity index (χ1v) is 5.34. The second-order valence-corrected chi connectivity index (χ2v) is 4.24. The minimum atomic E-state index is 0.735. The third-order valence-corrected chi connectivity index (χ3v) is 3.72. The Balaban J connectivity index is 2.83. The Morgan fingerprint density at radius 1 is 1.50 bits per heavy atom. The Kier molecular flexibility index (Phi) is 2.25. The predicted molar refractivity (Wildman–Crippen MR) is 61.0 cm³/mol. The molecule has 2 nitrogen and oxygen atoms in total. The van der Waals surface area contributed by atoms with Gasteiger partial charge in [-0.3, -0.25) is 4.79 Å². The summed E-state index contributed by atoms with van der Waals surface area (Å²) in [7, 11) is 0. The smallest absolute Gasteiger partial charge is 0.151 e. The SMILES string of the molecule is CCc1sc2c(C=O)cccc2c1N. The second kappa shape index (κ2) is 3.42. The molecule has 0 aliphatic carbocycles. The molecule has 0 spiro atoms. The number of hydrogen-bond acceptors (Lipinski definition) is 3. The number of carbonyl (C=O) groups is 1. The number of nitrogen functional groups attached to an aromatic ring is 1. The van der Waals surface area contributed by atoms with Gasteiger partial charge in [0.1, 0.15) is 0 Å². The molecule has 1 aromatic heterocycles. The Labute approximate surface area is 86.3 Å². The molecule has 0 unspecified atom stereocenters. The molecular formula is C11H11NOS. The van der Waals surface area contributed by atoms with Crippen molar-refractivity contribution < 1.29 is 4.79 Å². The van der Waals surface area contributed by atoms with Gasteiger partial charge in [0.15, 0.2) is 6.29 Å². The largest absolute Gasteiger partial charge is 0.397 e. The highest BCUT2D eigenvalue weighted by Crippen LogP contribution is 2.35. The number of aldehydes is 1. The van der Waals surface area contributed by atoms with Gasteiger partial charge >= 0.3 is 0 Å². The monoisotopic (exact) mass is 205 g/mol. The van der Waals surface area contributed by atoms with Crippen LogP contribution in [-0.4, -0.2) is 6.29 Å². The van der Waals surface area contributed by atoms with Crippen molar-refractivity contribution in [1.82, 2.24) is 0 Å². The quantitative estimate of drug-likeness (QED) is 0.766. The van der Waals surface area contributed by atoms with Gasteiger partial charge in [0.2, 0.25) is 0 Å². The van der Waals surface area contributed by atoms with Crippen LogP contribution in [0.25, 0.3) is 10.1 Å². The molecule has 0 saturated heterocycles. The Hall–Kier alpha value is -1.35. The summed E-state index contributed by atoms with van der Waals surface area (Å²) in [5.74, 6) is 0. The van der Waals surface area contributed by atoms with E-state index in [9.17, 15) is 4.79 Å². The molecule has 0 radical (unpaired) electrons. The van der Waals surface area contributed by atoms with E-state index in [0.29, 0.717) is 0 Å². The number of benzene rings is 1. The molecule has 1 aromatic carbocycles. The lowest BCUT2D eigenvalue weighted by molar-refractivity contribution is 0.112. The van der Waals surface area contributed by atoms with Gasteiger partial charge in [-0.05, 0) is 6.42 Å². The lowest BCUT2D eigenvalue weighted by Crippen LogP contribution is -1.86. The molecule has 0 aliphatic rings. The van der Waals surface area contributed by atoms with E-state index in [0.717, 1.165) is 38.9 Å². The molecule has 0 bridgehead atoms. The van der Waals surface area contributed by atoms with Gasteiger partial charge in [-0.1, -0.05) is 25.1 Å². The molecule has 2 N–H and O–H groups in total. The van der Waals surface area contributed by atoms with Crippen molar-refractivity contribution in [2.75, 3.05) is 5.73 Å². The molecule has 0 fully saturated rings. The van der Waals surface area contributed by atoms with Crippen molar-refractivity contribution in [2.24, 2.45) is 0 Å². The van der Waals surface area contributed by atoms with Gasteiger partial charge in [-0.2, -0.15) is 0 Å². The highest BCUT2D eigenvalue weighted by Gasteiger charge is 2.09. The van der Waals surface area contributed by atoms with Crippen molar-refractivity contribution in [3.63, 3.8) is 0 Å². The standard InChI is InChI=1S/C11H11NOS/c1-2-9-10(12)8-5-3-4-7(6-13)11(8)14-9/h3-6H,2,12H2,1H3. The first-order chi connectivity index (χ1) is 6.77. The van der Waals surface area contributed by atoms with Crippen molar-refractivity contribution in [1.29, 1.82) is 0 Å². The summed E-state index contributed by atoms with van der Waals surface area (Å²) in [6.45, 7) is 2.07. The highest BCUT2D eigenvalue weighted by molar-refractivity contribution is 7.20. The van der Waals surface area contributed by atoms with Crippen molar-refractivity contribution >= 4 is 33.4 Å². The zero-order valence-corrected chi connectivity index (χ0v) is 8.73. The van der Waals surface area contributed by atoms with Crippen LogP contribution in [0.3, 0.4) is 0 Å². The molecule has 72 valence electrons. The average Bonchev–Trinajstić information content (AvgIpc) is 2.55. The molecule has 0 atom stereocenters. The van der Waals surface area contributed by atoms with E-state index in [1.807, 2.05) is 18.2 Å². The predicted octanol–water partition coefficient (Wildman–Crippen LogP) is 2.86. The Morgan fingerprint density at radius 2 is 2.29 bits per heavy atom. The molecule has 0 aliphatic heterocycles. The second-order valence-electron chi connectivity index (χ2n) is 3.13. The number of anilines is 1. The van der Waals surface area contributed by atoms with Crippen LogP contribution < -0.4 is 5.73 Å². The molecule has 3 heteroatoms. The Bertz CT molecular complexity index is 487. The normalized spacial score (nSPS) is 10.6. The van der Waals surface area contributed by atoms with Gasteiger partial charge < -0.3 is 5.73 Å². The third kappa shape index (κ3) is 1.21. The lowest BCUT2D eigenvalue weighted by atomic mass is 10.1. The number of thiophene rings is 1. The van der Waals surface area contributed by atoms with E-state index < -0.39 is 0 Å². The fourth-order valence-corrected chi connectivity index (χ4v) is 2.70. The number of fused-ring (bicyclic) bond motifs is 1. The molecule has 0 saturated carbocycles. The van der Waals surface area contributed by atoms with Crippen LogP contribution in [0, 0.1) is 0 Å². The number of aryl methyl sites for hydroxylation is 1. The minimum absolute atomic E-state index is 0.735. The van der Waals surface area contributed by atoms with Crippen LogP contribution in [0.2, 0.25) is 0 Å². The minimum Gasteiger partial charge on any atom is -0.397 e. The van der Waals surface area contributed by atoms with Gasteiger partial charge in [0, 0.05) is 20.5 Å². The number of nitrogens with two attached hydrogens (primary N) is 1. The fourth-order valence-electron chi connectivity index (χ4n) is 1.56. The van der Waals surface area contributed by atoms with E-state index >= 15 is 0 Å². The van der Waals surface area contributed by atoms with Gasteiger partial charge in [0.25, 0.3) is 0 Å². The van der Waals surface area contributed by atoms with Gasteiger partial charge in [-0.25, -0.2) is 0 Å². The maximum atomic E-state index is 10.8. The van der Waals surface area contributed by atoms with E-state index in [4.69, 9.17) is 5.73 Å². The van der Waals surface area contributed by atoms with Crippen LogP contribution in [-0.2, 0) is 6.42 Å². The van der Waals surface area contributed by atoms with Crippen LogP contribution in [0.4, 0.5) is 5.69 Å². The summed E-state index contributed by atoms with van der Waals surface area (Å²) in [5.41, 5.74) is 7.53. The van der Waals surface area contributed by atoms with E-state index in [1.165, 1.54) is 0 Å². The number of rotatable bonds is 2. The first-order valence-electron chi connectivity index (χ1n) is 4.53. The highest BCUT2D eigenvalue weighted by atomic mass is 32.1. The van der Waals surface area contributed by atoms with E-state index in [2.05, 4.69) is 6.92 Å². The number of carbonyl (C=O) groups excluding carboxylic acids is 1. The van der Waals surface area contributed by atoms with Gasteiger partial charge in [0.05, 0.1) is 5.69 Å². The zero-order chi connectivity index (χ0) is 10.1. The molecule has 2 rings (SSSR count). The van der Waals surface area contributed by atoms with Gasteiger partial charge in [-0.15, -0.1) is 11.3 Å². The van der Waals surface area contributed by atoms with Crippen LogP contribution in [0.15, 0.2) is 18.2 Å².